The number of aryl methyl sites for hydroxylation is 1. The number of nitrogens with one attached hydrogen (secondary N) is 1. The molecule has 0 bridgehead atoms. The van der Waals surface area contributed by atoms with Crippen LogP contribution in [0.2, 0.25) is 0 Å². The molecule has 0 saturated carbocycles. The van der Waals surface area contributed by atoms with Crippen LogP contribution in [0.1, 0.15) is 0 Å². The van der Waals surface area contributed by atoms with Crippen LogP contribution in [0.15, 0.2) is 41.6 Å². The smallest absolute Gasteiger partial charge is 0.262 e. The molecule has 7 heteroatoms. The van der Waals surface area contributed by atoms with Gasteiger partial charge in [0, 0.05) is 7.05 Å². The summed E-state index contributed by atoms with van der Waals surface area (Å²) >= 11 is 0. The number of imidazole rings is 1. The average Bonchev–Trinajstić information content (AvgIpc) is 2.84. The molecule has 3 rings (SSSR count). The highest BCUT2D eigenvalue weighted by molar-refractivity contribution is 5.68. The molecule has 3 aromatic rings. The highest BCUT2D eigenvalue weighted by Crippen LogP contribution is 2.25. The summed E-state index contributed by atoms with van der Waals surface area (Å²) in [5.74, 6) is -0.764. The second-order valence-corrected chi connectivity index (χ2v) is 4.51. The minimum atomic E-state index is -0.552. The molecule has 0 aliphatic heterocycles. The fraction of sp³-hybridized carbons (Fsp3) is 0.0714. The Bertz CT molecular complexity index is 869. The number of H-pyrrole nitrogens is 1. The molecule has 0 unspecified atom stereocenters. The van der Waals surface area contributed by atoms with Crippen LogP contribution in [0.4, 0.5) is 4.39 Å². The number of nitrogens with zero attached hydrogens (tertiary/aromatic N) is 3. The SMILES string of the molecule is Cn1cncc1-c1nc(O)c(-c2cccc(F)c2)c(=O)[nH]1. The Morgan fingerprint density at radius 2 is 2.19 bits per heavy atom. The Kier molecular flexibility index (Phi) is 3.02. The van der Waals surface area contributed by atoms with Crippen molar-refractivity contribution in [2.75, 3.05) is 0 Å². The van der Waals surface area contributed by atoms with E-state index in [-0.39, 0.29) is 17.0 Å². The van der Waals surface area contributed by atoms with Crippen LogP contribution in [0.5, 0.6) is 5.88 Å². The second kappa shape index (κ2) is 4.86. The molecule has 0 radical (unpaired) electrons. The first kappa shape index (κ1) is 13.0. The van der Waals surface area contributed by atoms with E-state index in [9.17, 15) is 14.3 Å². The van der Waals surface area contributed by atoms with Gasteiger partial charge in [0.1, 0.15) is 17.1 Å². The summed E-state index contributed by atoms with van der Waals surface area (Å²) in [5.41, 5.74) is 0.190. The summed E-state index contributed by atoms with van der Waals surface area (Å²) in [6.45, 7) is 0. The molecule has 0 saturated heterocycles. The monoisotopic (exact) mass is 286 g/mol. The van der Waals surface area contributed by atoms with Crippen molar-refractivity contribution in [3.8, 4) is 28.5 Å². The topological polar surface area (TPSA) is 83.8 Å². The van der Waals surface area contributed by atoms with E-state index in [0.717, 1.165) is 6.07 Å². The van der Waals surface area contributed by atoms with Crippen LogP contribution in [0.25, 0.3) is 22.6 Å². The van der Waals surface area contributed by atoms with E-state index in [1.807, 2.05) is 0 Å². The van der Waals surface area contributed by atoms with Gasteiger partial charge in [0.05, 0.1) is 12.5 Å². The van der Waals surface area contributed by atoms with Crippen molar-refractivity contribution in [1.82, 2.24) is 19.5 Å². The molecule has 6 nitrogen and oxygen atoms in total. The Hall–Kier alpha value is -2.96. The lowest BCUT2D eigenvalue weighted by atomic mass is 10.1. The van der Waals surface area contributed by atoms with Gasteiger partial charge in [-0.2, -0.15) is 4.98 Å². The van der Waals surface area contributed by atoms with E-state index in [1.54, 1.807) is 17.9 Å². The standard InChI is InChI=1S/C14H11FN4O2/c1-19-7-16-6-10(19)12-17-13(20)11(14(21)18-12)8-3-2-4-9(15)5-8/h2-7H,1H3,(H2,17,18,20,21). The number of aromatic amines is 1. The van der Waals surface area contributed by atoms with E-state index >= 15 is 0 Å². The molecule has 2 aromatic heterocycles. The summed E-state index contributed by atoms with van der Waals surface area (Å²) in [5, 5.41) is 10.0. The lowest BCUT2D eigenvalue weighted by molar-refractivity contribution is 0.454. The maximum atomic E-state index is 13.2. The predicted molar refractivity (Wildman–Crippen MR) is 74.1 cm³/mol. The molecule has 0 amide bonds. The van der Waals surface area contributed by atoms with Gasteiger partial charge in [0.15, 0.2) is 5.82 Å². The molecular formula is C14H11FN4O2. The zero-order chi connectivity index (χ0) is 15.0. The molecule has 106 valence electrons. The molecule has 0 spiro atoms. The quantitative estimate of drug-likeness (QED) is 0.750. The molecule has 1 aromatic carbocycles. The number of aromatic hydroxyl groups is 1. The van der Waals surface area contributed by atoms with Crippen LogP contribution in [-0.4, -0.2) is 24.6 Å². The Morgan fingerprint density at radius 3 is 2.81 bits per heavy atom. The number of rotatable bonds is 2. The number of halogens is 1. The van der Waals surface area contributed by atoms with Gasteiger partial charge in [0.25, 0.3) is 5.56 Å². The fourth-order valence-corrected chi connectivity index (χ4v) is 2.07. The maximum absolute atomic E-state index is 13.2. The first-order valence-electron chi connectivity index (χ1n) is 6.12. The average molecular weight is 286 g/mol. The Balaban J connectivity index is 2.18. The Labute approximate surface area is 118 Å². The maximum Gasteiger partial charge on any atom is 0.262 e. The fourth-order valence-electron chi connectivity index (χ4n) is 2.07. The van der Waals surface area contributed by atoms with E-state index in [2.05, 4.69) is 15.0 Å². The van der Waals surface area contributed by atoms with Gasteiger partial charge < -0.3 is 14.7 Å². The van der Waals surface area contributed by atoms with Crippen molar-refractivity contribution in [2.45, 2.75) is 0 Å². The van der Waals surface area contributed by atoms with Crippen molar-refractivity contribution in [1.29, 1.82) is 0 Å². The lowest BCUT2D eigenvalue weighted by Gasteiger charge is -2.06. The van der Waals surface area contributed by atoms with E-state index in [1.165, 1.54) is 24.4 Å². The summed E-state index contributed by atoms with van der Waals surface area (Å²) in [6.07, 6.45) is 3.06. The van der Waals surface area contributed by atoms with Gasteiger partial charge in [-0.05, 0) is 17.7 Å². The Morgan fingerprint density at radius 1 is 1.38 bits per heavy atom. The largest absolute Gasteiger partial charge is 0.493 e. The van der Waals surface area contributed by atoms with Gasteiger partial charge in [-0.15, -0.1) is 0 Å². The number of aromatic nitrogens is 4. The normalized spacial score (nSPS) is 10.8. The molecule has 0 aliphatic rings. The van der Waals surface area contributed by atoms with Crippen LogP contribution < -0.4 is 5.56 Å². The van der Waals surface area contributed by atoms with Crippen molar-refractivity contribution in [2.24, 2.45) is 7.05 Å². The first-order valence-corrected chi connectivity index (χ1v) is 6.12. The zero-order valence-electron chi connectivity index (χ0n) is 11.0. The van der Waals surface area contributed by atoms with Crippen LogP contribution in [0.3, 0.4) is 0 Å². The van der Waals surface area contributed by atoms with Crippen LogP contribution in [-0.2, 0) is 7.05 Å². The highest BCUT2D eigenvalue weighted by Gasteiger charge is 2.15. The minimum absolute atomic E-state index is 0.0691. The summed E-state index contributed by atoms with van der Waals surface area (Å²) < 4.78 is 14.9. The molecular weight excluding hydrogens is 275 g/mol. The van der Waals surface area contributed by atoms with Crippen molar-refractivity contribution >= 4 is 0 Å². The number of benzene rings is 1. The van der Waals surface area contributed by atoms with Gasteiger partial charge >= 0.3 is 0 Å². The van der Waals surface area contributed by atoms with Crippen molar-refractivity contribution < 1.29 is 9.50 Å². The summed E-state index contributed by atoms with van der Waals surface area (Å²) in [4.78, 5) is 22.6. The van der Waals surface area contributed by atoms with Crippen LogP contribution in [0, 0.1) is 5.82 Å². The van der Waals surface area contributed by atoms with Crippen LogP contribution >= 0.6 is 0 Å². The van der Waals surface area contributed by atoms with E-state index in [0.29, 0.717) is 5.69 Å². The molecule has 2 heterocycles. The predicted octanol–water partition coefficient (Wildman–Crippen LogP) is 1.68. The highest BCUT2D eigenvalue weighted by atomic mass is 19.1. The third-order valence-electron chi connectivity index (χ3n) is 3.07. The van der Waals surface area contributed by atoms with Crippen molar-refractivity contribution in [3.63, 3.8) is 0 Å². The van der Waals surface area contributed by atoms with Gasteiger partial charge in [-0.1, -0.05) is 12.1 Å². The number of hydrogen-bond acceptors (Lipinski definition) is 4. The molecule has 0 atom stereocenters. The minimum Gasteiger partial charge on any atom is -0.493 e. The lowest BCUT2D eigenvalue weighted by Crippen LogP contribution is -2.13. The third-order valence-corrected chi connectivity index (χ3v) is 3.07. The molecule has 2 N–H and O–H groups in total. The second-order valence-electron chi connectivity index (χ2n) is 4.51. The molecule has 0 aliphatic carbocycles. The molecule has 21 heavy (non-hydrogen) atoms. The van der Waals surface area contributed by atoms with Gasteiger partial charge in [-0.25, -0.2) is 9.37 Å². The zero-order valence-corrected chi connectivity index (χ0v) is 11.0. The van der Waals surface area contributed by atoms with E-state index < -0.39 is 17.3 Å². The number of hydrogen-bond donors (Lipinski definition) is 2. The first-order chi connectivity index (χ1) is 10.1. The molecule has 0 fully saturated rings. The van der Waals surface area contributed by atoms with Gasteiger partial charge in [0.2, 0.25) is 5.88 Å². The summed E-state index contributed by atoms with van der Waals surface area (Å²) in [6, 6.07) is 5.40. The van der Waals surface area contributed by atoms with Gasteiger partial charge in [-0.3, -0.25) is 4.79 Å². The third kappa shape index (κ3) is 2.29. The van der Waals surface area contributed by atoms with E-state index in [4.69, 9.17) is 0 Å². The van der Waals surface area contributed by atoms with Crippen molar-refractivity contribution in [3.05, 3.63) is 53.0 Å². The summed E-state index contributed by atoms with van der Waals surface area (Å²) in [7, 11) is 1.74.